The van der Waals surface area contributed by atoms with Crippen LogP contribution in [-0.4, -0.2) is 47.7 Å². The lowest BCUT2D eigenvalue weighted by Gasteiger charge is -2.31. The van der Waals surface area contributed by atoms with E-state index in [2.05, 4.69) is 22.1 Å². The Labute approximate surface area is 163 Å². The number of halogens is 1. The molecule has 1 saturated heterocycles. The van der Waals surface area contributed by atoms with Gasteiger partial charge in [-0.05, 0) is 49.9 Å². The van der Waals surface area contributed by atoms with Crippen LogP contribution in [0.1, 0.15) is 30.1 Å². The minimum absolute atomic E-state index is 0.0798. The van der Waals surface area contributed by atoms with Crippen molar-refractivity contribution in [3.63, 3.8) is 0 Å². The zero-order chi connectivity index (χ0) is 19.2. The largest absolute Gasteiger partial charge is 0.438 e. The second-order valence-corrected chi connectivity index (χ2v) is 7.35. The molecule has 1 aromatic carbocycles. The van der Waals surface area contributed by atoms with Crippen molar-refractivity contribution >= 4 is 17.7 Å². The molecule has 1 N–H and O–H groups in total. The molecule has 1 fully saturated rings. The number of rotatable bonds is 6. The molecule has 2 heterocycles. The Morgan fingerprint density at radius 3 is 2.85 bits per heavy atom. The standard InChI is InChI=1S/C20H24FN3O2S/c1-3-24-9-7-15(8-10-24)23-19(25)18-11-14(21)13-22-20(18)26-16-5-4-6-17(12-16)27-2/h4-6,11-13,15H,3,7-10H2,1-2H3,(H,23,25). The van der Waals surface area contributed by atoms with Gasteiger partial charge in [-0.25, -0.2) is 9.37 Å². The zero-order valence-corrected chi connectivity index (χ0v) is 16.4. The van der Waals surface area contributed by atoms with Gasteiger partial charge in [0, 0.05) is 24.0 Å². The number of carbonyl (C=O) groups is 1. The molecule has 1 amide bonds. The molecule has 0 atom stereocenters. The Morgan fingerprint density at radius 1 is 1.37 bits per heavy atom. The van der Waals surface area contributed by atoms with Crippen LogP contribution in [0.5, 0.6) is 11.6 Å². The van der Waals surface area contributed by atoms with Gasteiger partial charge in [-0.1, -0.05) is 13.0 Å². The smallest absolute Gasteiger partial charge is 0.257 e. The van der Waals surface area contributed by atoms with Crippen LogP contribution in [0, 0.1) is 5.82 Å². The third kappa shape index (κ3) is 5.20. The highest BCUT2D eigenvalue weighted by molar-refractivity contribution is 7.98. The Kier molecular flexibility index (Phi) is 6.68. The number of piperidine rings is 1. The number of carbonyl (C=O) groups excluding carboxylic acids is 1. The van der Waals surface area contributed by atoms with Gasteiger partial charge in [-0.3, -0.25) is 4.79 Å². The molecule has 27 heavy (non-hydrogen) atoms. The molecule has 0 saturated carbocycles. The third-order valence-electron chi connectivity index (χ3n) is 4.69. The molecule has 7 heteroatoms. The minimum Gasteiger partial charge on any atom is -0.438 e. The van der Waals surface area contributed by atoms with Gasteiger partial charge in [0.05, 0.1) is 6.20 Å². The maximum Gasteiger partial charge on any atom is 0.257 e. The number of pyridine rings is 1. The van der Waals surface area contributed by atoms with E-state index >= 15 is 0 Å². The van der Waals surface area contributed by atoms with Gasteiger partial charge in [0.15, 0.2) is 0 Å². The van der Waals surface area contributed by atoms with Crippen LogP contribution in [0.4, 0.5) is 4.39 Å². The molecule has 0 aliphatic carbocycles. The zero-order valence-electron chi connectivity index (χ0n) is 15.6. The van der Waals surface area contributed by atoms with Gasteiger partial charge in [-0.15, -0.1) is 11.8 Å². The summed E-state index contributed by atoms with van der Waals surface area (Å²) in [5, 5.41) is 3.00. The maximum atomic E-state index is 13.7. The van der Waals surface area contributed by atoms with Gasteiger partial charge in [0.1, 0.15) is 17.1 Å². The number of amides is 1. The van der Waals surface area contributed by atoms with E-state index < -0.39 is 5.82 Å². The van der Waals surface area contributed by atoms with Crippen molar-refractivity contribution in [3.05, 3.63) is 47.9 Å². The molecule has 0 unspecified atom stereocenters. The lowest BCUT2D eigenvalue weighted by Crippen LogP contribution is -2.44. The highest BCUT2D eigenvalue weighted by atomic mass is 32.2. The summed E-state index contributed by atoms with van der Waals surface area (Å²) in [7, 11) is 0. The van der Waals surface area contributed by atoms with E-state index in [4.69, 9.17) is 4.74 Å². The van der Waals surface area contributed by atoms with E-state index in [1.807, 2.05) is 24.5 Å². The maximum absolute atomic E-state index is 13.7. The average Bonchev–Trinajstić information content (AvgIpc) is 2.70. The summed E-state index contributed by atoms with van der Waals surface area (Å²) in [6, 6.07) is 8.73. The lowest BCUT2D eigenvalue weighted by atomic mass is 10.0. The van der Waals surface area contributed by atoms with Gasteiger partial charge < -0.3 is 15.0 Å². The first-order valence-electron chi connectivity index (χ1n) is 9.09. The van der Waals surface area contributed by atoms with E-state index in [0.717, 1.165) is 43.6 Å². The van der Waals surface area contributed by atoms with Crippen molar-refractivity contribution in [2.24, 2.45) is 0 Å². The molecule has 144 valence electrons. The summed E-state index contributed by atoms with van der Waals surface area (Å²) in [5.41, 5.74) is 0.113. The van der Waals surface area contributed by atoms with Crippen molar-refractivity contribution in [2.75, 3.05) is 25.9 Å². The van der Waals surface area contributed by atoms with Crippen molar-refractivity contribution in [1.82, 2.24) is 15.2 Å². The topological polar surface area (TPSA) is 54.5 Å². The summed E-state index contributed by atoms with van der Waals surface area (Å²) < 4.78 is 19.5. The average molecular weight is 389 g/mol. The molecule has 1 aromatic heterocycles. The monoisotopic (exact) mass is 389 g/mol. The van der Waals surface area contributed by atoms with E-state index in [0.29, 0.717) is 5.75 Å². The van der Waals surface area contributed by atoms with Crippen molar-refractivity contribution < 1.29 is 13.9 Å². The van der Waals surface area contributed by atoms with Crippen LogP contribution in [0.2, 0.25) is 0 Å². The fourth-order valence-electron chi connectivity index (χ4n) is 3.10. The second kappa shape index (κ2) is 9.19. The minimum atomic E-state index is -0.564. The quantitative estimate of drug-likeness (QED) is 0.758. The van der Waals surface area contributed by atoms with E-state index in [1.165, 1.54) is 6.07 Å². The number of hydrogen-bond donors (Lipinski definition) is 1. The van der Waals surface area contributed by atoms with Crippen LogP contribution in [0.3, 0.4) is 0 Å². The molecular weight excluding hydrogens is 365 g/mol. The van der Waals surface area contributed by atoms with Crippen LogP contribution < -0.4 is 10.1 Å². The van der Waals surface area contributed by atoms with Crippen LogP contribution in [0.15, 0.2) is 41.4 Å². The number of nitrogens with zero attached hydrogens (tertiary/aromatic N) is 2. The summed E-state index contributed by atoms with van der Waals surface area (Å²) >= 11 is 1.59. The molecule has 0 radical (unpaired) electrons. The number of aromatic nitrogens is 1. The Morgan fingerprint density at radius 2 is 2.15 bits per heavy atom. The number of benzene rings is 1. The van der Waals surface area contributed by atoms with Gasteiger partial charge >= 0.3 is 0 Å². The van der Waals surface area contributed by atoms with Crippen molar-refractivity contribution in [2.45, 2.75) is 30.7 Å². The van der Waals surface area contributed by atoms with Gasteiger partial charge in [0.25, 0.3) is 5.91 Å². The van der Waals surface area contributed by atoms with Gasteiger partial charge in [0.2, 0.25) is 5.88 Å². The summed E-state index contributed by atoms with van der Waals surface area (Å²) in [4.78, 5) is 20.1. The van der Waals surface area contributed by atoms with E-state index in [-0.39, 0.29) is 23.4 Å². The van der Waals surface area contributed by atoms with Crippen molar-refractivity contribution in [3.8, 4) is 11.6 Å². The molecule has 1 aliphatic heterocycles. The number of hydrogen-bond acceptors (Lipinski definition) is 5. The summed E-state index contributed by atoms with van der Waals surface area (Å²) in [6.45, 7) is 5.05. The SMILES string of the molecule is CCN1CCC(NC(=O)c2cc(F)cnc2Oc2cccc(SC)c2)CC1. The Hall–Kier alpha value is -2.12. The Balaban J connectivity index is 1.74. The predicted molar refractivity (Wildman–Crippen MR) is 105 cm³/mol. The first-order valence-corrected chi connectivity index (χ1v) is 10.3. The number of nitrogens with one attached hydrogen (secondary N) is 1. The first-order chi connectivity index (χ1) is 13.1. The van der Waals surface area contributed by atoms with Gasteiger partial charge in [-0.2, -0.15) is 0 Å². The summed E-state index contributed by atoms with van der Waals surface area (Å²) in [6.07, 6.45) is 4.80. The second-order valence-electron chi connectivity index (χ2n) is 6.47. The van der Waals surface area contributed by atoms with Crippen LogP contribution in [-0.2, 0) is 0 Å². The highest BCUT2D eigenvalue weighted by Crippen LogP contribution is 2.27. The lowest BCUT2D eigenvalue weighted by molar-refractivity contribution is 0.0909. The number of thioether (sulfide) groups is 1. The number of ether oxygens (including phenoxy) is 1. The predicted octanol–water partition coefficient (Wildman–Crippen LogP) is 3.95. The number of likely N-dealkylation sites (tertiary alicyclic amines) is 1. The molecule has 2 aromatic rings. The van der Waals surface area contributed by atoms with Crippen LogP contribution in [0.25, 0.3) is 0 Å². The Bertz CT molecular complexity index is 795. The summed E-state index contributed by atoms with van der Waals surface area (Å²) in [5.74, 6) is -0.247. The molecule has 0 spiro atoms. The van der Waals surface area contributed by atoms with Crippen LogP contribution >= 0.6 is 11.8 Å². The molecule has 0 bridgehead atoms. The molecular formula is C20H24FN3O2S. The van der Waals surface area contributed by atoms with E-state index in [1.54, 1.807) is 17.8 Å². The van der Waals surface area contributed by atoms with E-state index in [9.17, 15) is 9.18 Å². The molecule has 3 rings (SSSR count). The normalized spacial score (nSPS) is 15.5. The third-order valence-corrected chi connectivity index (χ3v) is 5.41. The fourth-order valence-corrected chi connectivity index (χ4v) is 3.55. The van der Waals surface area contributed by atoms with Crippen molar-refractivity contribution in [1.29, 1.82) is 0 Å². The fraction of sp³-hybridized carbons (Fsp3) is 0.400. The molecule has 5 nitrogen and oxygen atoms in total. The first kappa shape index (κ1) is 19.6. The molecule has 1 aliphatic rings. The highest BCUT2D eigenvalue weighted by Gasteiger charge is 2.23.